The molecule has 1 aromatic carbocycles. The van der Waals surface area contributed by atoms with Gasteiger partial charge in [-0.25, -0.2) is 28.0 Å². The highest BCUT2D eigenvalue weighted by Crippen LogP contribution is 2.46. The third-order valence-corrected chi connectivity index (χ3v) is 15.1. The van der Waals surface area contributed by atoms with Gasteiger partial charge in [-0.1, -0.05) is 45.8 Å². The number of nitrogens with zero attached hydrogens (tertiary/aromatic N) is 4. The quantitative estimate of drug-likeness (QED) is 0.164. The molecule has 1 saturated carbocycles. The number of carbonyl (C=O) groups excluding carboxylic acids is 3. The molecule has 64 heavy (non-hydrogen) atoms. The Balaban J connectivity index is 1.19. The number of methoxy groups -OCH3 is 1. The first-order valence-electron chi connectivity index (χ1n) is 22.2. The third-order valence-electron chi connectivity index (χ3n) is 12.4. The second kappa shape index (κ2) is 19.2. The summed E-state index contributed by atoms with van der Waals surface area (Å²) in [5.74, 6) is -1.69. The van der Waals surface area contributed by atoms with Crippen molar-refractivity contribution in [1.82, 2.24) is 29.8 Å². The average Bonchev–Trinajstić information content (AvgIpc) is 3.49. The molecular formula is C45H61N7O10S2. The Hall–Kier alpha value is -5.01. The number of aromatic nitrogens is 2. The summed E-state index contributed by atoms with van der Waals surface area (Å²) in [6.45, 7) is 9.87. The van der Waals surface area contributed by atoms with E-state index in [-0.39, 0.29) is 44.1 Å². The first-order valence-corrected chi connectivity index (χ1v) is 24.7. The van der Waals surface area contributed by atoms with Crippen LogP contribution in [0.4, 0.5) is 9.93 Å². The summed E-state index contributed by atoms with van der Waals surface area (Å²) in [7, 11) is -1.95. The molecule has 348 valence electrons. The summed E-state index contributed by atoms with van der Waals surface area (Å²) < 4.78 is 45.5. The molecule has 2 saturated heterocycles. The van der Waals surface area contributed by atoms with Crippen LogP contribution >= 0.6 is 11.3 Å². The molecule has 0 bridgehead atoms. The number of carbonyl (C=O) groups is 4. The van der Waals surface area contributed by atoms with Crippen LogP contribution in [0, 0.1) is 11.3 Å². The van der Waals surface area contributed by atoms with Gasteiger partial charge in [0.1, 0.15) is 47.0 Å². The number of thiazole rings is 1. The first kappa shape index (κ1) is 47.0. The zero-order chi connectivity index (χ0) is 46.0. The summed E-state index contributed by atoms with van der Waals surface area (Å²) in [4.78, 5) is 66.9. The predicted molar refractivity (Wildman–Crippen MR) is 243 cm³/mol. The largest absolute Gasteiger partial charge is 0.497 e. The highest BCUT2D eigenvalue weighted by atomic mass is 32.2. The fraction of sp³-hybridized carbons (Fsp3) is 0.600. The van der Waals surface area contributed by atoms with Crippen molar-refractivity contribution >= 4 is 61.3 Å². The number of hydrogen-bond acceptors (Lipinski definition) is 13. The summed E-state index contributed by atoms with van der Waals surface area (Å²) in [6.07, 6.45) is 5.81. The average molecular weight is 924 g/mol. The van der Waals surface area contributed by atoms with Gasteiger partial charge in [-0.2, -0.15) is 4.31 Å². The predicted octanol–water partition coefficient (Wildman–Crippen LogP) is 5.95. The molecule has 2 aromatic heterocycles. The van der Waals surface area contributed by atoms with Crippen LogP contribution in [-0.2, 0) is 29.1 Å². The monoisotopic (exact) mass is 923 g/mol. The number of rotatable bonds is 11. The number of amides is 3. The van der Waals surface area contributed by atoms with Gasteiger partial charge in [0.25, 0.3) is 0 Å². The topological polar surface area (TPSA) is 219 Å². The van der Waals surface area contributed by atoms with E-state index < -0.39 is 75.1 Å². The van der Waals surface area contributed by atoms with E-state index in [1.165, 1.54) is 20.5 Å². The van der Waals surface area contributed by atoms with E-state index in [1.807, 2.05) is 58.2 Å². The summed E-state index contributed by atoms with van der Waals surface area (Å²) in [6, 6.07) is 5.08. The number of ether oxygens (including phenoxy) is 3. The Bertz CT molecular complexity index is 2370. The maximum absolute atomic E-state index is 14.9. The maximum Gasteiger partial charge on any atom is 0.408 e. The number of allylic oxidation sites excluding steroid dienone is 1. The van der Waals surface area contributed by atoms with Gasteiger partial charge in [0, 0.05) is 53.2 Å². The van der Waals surface area contributed by atoms with Crippen LogP contribution in [-0.4, -0.2) is 125 Å². The number of carboxylic acid groups (broad SMARTS) is 1. The normalized spacial score (nSPS) is 25.9. The summed E-state index contributed by atoms with van der Waals surface area (Å²) in [5, 5.41) is 22.6. The lowest BCUT2D eigenvalue weighted by Crippen LogP contribution is -2.57. The van der Waals surface area contributed by atoms with Gasteiger partial charge in [-0.15, -0.1) is 11.3 Å². The minimum Gasteiger partial charge on any atom is -0.497 e. The lowest BCUT2D eigenvalue weighted by atomic mass is 9.89. The molecule has 4 N–H and O–H groups in total. The van der Waals surface area contributed by atoms with Crippen LogP contribution in [0.3, 0.4) is 0 Å². The molecule has 7 rings (SSSR count). The fourth-order valence-electron chi connectivity index (χ4n) is 8.59. The van der Waals surface area contributed by atoms with Crippen molar-refractivity contribution in [1.29, 1.82) is 0 Å². The lowest BCUT2D eigenvalue weighted by molar-refractivity contribution is -0.145. The molecule has 6 atom stereocenters. The van der Waals surface area contributed by atoms with Gasteiger partial charge in [-0.05, 0) is 64.5 Å². The van der Waals surface area contributed by atoms with Gasteiger partial charge in [-0.3, -0.25) is 9.59 Å². The molecule has 1 unspecified atom stereocenters. The molecule has 3 aliphatic heterocycles. The van der Waals surface area contributed by atoms with Crippen molar-refractivity contribution in [3.8, 4) is 22.9 Å². The number of hydrogen-bond donors (Lipinski definition) is 4. The second-order valence-corrected chi connectivity index (χ2v) is 21.6. The minimum absolute atomic E-state index is 0.0236. The third kappa shape index (κ3) is 10.7. The van der Waals surface area contributed by atoms with Gasteiger partial charge >= 0.3 is 12.1 Å². The van der Waals surface area contributed by atoms with E-state index in [0.29, 0.717) is 66.0 Å². The maximum atomic E-state index is 14.9. The number of sulfonamides is 1. The molecule has 1 aliphatic carbocycles. The van der Waals surface area contributed by atoms with Crippen LogP contribution in [0.5, 0.6) is 11.5 Å². The van der Waals surface area contributed by atoms with Crippen molar-refractivity contribution in [2.75, 3.05) is 37.8 Å². The SMILES string of the molecule is COc1ccc2c(O[C@@H]3C[C@H]4C(=O)N[C@]5(C(=O)O)CC5C=CCCCCC[C@H](NC(=O)O[C@H](CN5CCCCS5(=O)=O)C(C)(C)C)C(=O)N4C3)cc(-c3csc(NC(C)C)n3)nc2c1. The minimum atomic E-state index is -3.52. The number of alkyl carbamates (subject to hydrolysis) is 1. The second-order valence-electron chi connectivity index (χ2n) is 18.7. The van der Waals surface area contributed by atoms with E-state index in [9.17, 15) is 32.7 Å². The van der Waals surface area contributed by atoms with Gasteiger partial charge in [0.2, 0.25) is 21.8 Å². The van der Waals surface area contributed by atoms with Gasteiger partial charge in [0.15, 0.2) is 5.13 Å². The number of benzene rings is 1. The van der Waals surface area contributed by atoms with Crippen LogP contribution in [0.2, 0.25) is 0 Å². The molecule has 0 spiro atoms. The van der Waals surface area contributed by atoms with Crippen LogP contribution < -0.4 is 25.4 Å². The smallest absolute Gasteiger partial charge is 0.408 e. The Labute approximate surface area is 378 Å². The van der Waals surface area contributed by atoms with Crippen molar-refractivity contribution in [3.05, 3.63) is 41.8 Å². The number of nitrogens with one attached hydrogen (secondary N) is 3. The molecule has 0 radical (unpaired) electrons. The van der Waals surface area contributed by atoms with Crippen molar-refractivity contribution in [3.63, 3.8) is 0 Å². The van der Waals surface area contributed by atoms with Gasteiger partial charge in [0.05, 0.1) is 37.2 Å². The number of pyridine rings is 1. The Morgan fingerprint density at radius 2 is 1.88 bits per heavy atom. The number of anilines is 1. The van der Waals surface area contributed by atoms with Crippen LogP contribution in [0.15, 0.2) is 41.8 Å². The molecule has 3 aromatic rings. The van der Waals surface area contributed by atoms with Crippen molar-refractivity contribution in [2.24, 2.45) is 11.3 Å². The van der Waals surface area contributed by atoms with Crippen molar-refractivity contribution in [2.45, 2.75) is 128 Å². The first-order chi connectivity index (χ1) is 30.4. The van der Waals surface area contributed by atoms with E-state index in [2.05, 4.69) is 16.0 Å². The lowest BCUT2D eigenvalue weighted by Gasteiger charge is -2.36. The Kier molecular flexibility index (Phi) is 14.1. The molecule has 3 fully saturated rings. The highest BCUT2D eigenvalue weighted by molar-refractivity contribution is 7.89. The van der Waals surface area contributed by atoms with E-state index in [4.69, 9.17) is 24.2 Å². The molecule has 4 aliphatic rings. The summed E-state index contributed by atoms with van der Waals surface area (Å²) in [5.41, 5.74) is -0.433. The van der Waals surface area contributed by atoms with Crippen LogP contribution in [0.1, 0.15) is 92.4 Å². The Morgan fingerprint density at radius 3 is 2.59 bits per heavy atom. The summed E-state index contributed by atoms with van der Waals surface area (Å²) >= 11 is 1.45. The molecule has 3 amide bonds. The molecular weight excluding hydrogens is 863 g/mol. The highest BCUT2D eigenvalue weighted by Gasteiger charge is 2.61. The molecule has 5 heterocycles. The number of fused-ring (bicyclic) bond motifs is 3. The standard InChI is InChI=1S/C45H61N7O10S2/c1-27(2)46-42-48-35(26-63-42)34-22-37(31-17-16-29(60-6)20-33(31)47-34)61-30-21-36-39(53)50-45(41(55)56)23-28(45)14-10-8-7-9-11-15-32(40(54)52(36)24-30)49-43(57)62-38(44(3,4)5)25-51-18-12-13-19-64(51,58)59/h10,14,16-17,20,22,26-28,30,32,36,38H,7-9,11-13,15,18-19,21,23-25H2,1-6H3,(H,46,48)(H,49,57)(H,50,53)(H,55,56)/t28?,30-,32+,36+,38-,45-/m1/s1. The molecule has 17 nitrogen and oxygen atoms in total. The van der Waals surface area contributed by atoms with E-state index >= 15 is 0 Å². The number of aliphatic carboxylic acids is 1. The fourth-order valence-corrected chi connectivity index (χ4v) is 11.0. The van der Waals surface area contributed by atoms with Crippen LogP contribution in [0.25, 0.3) is 22.3 Å². The van der Waals surface area contributed by atoms with E-state index in [0.717, 1.165) is 18.0 Å². The zero-order valence-corrected chi connectivity index (χ0v) is 39.1. The number of carboxylic acids is 1. The Morgan fingerprint density at radius 1 is 1.08 bits per heavy atom. The zero-order valence-electron chi connectivity index (χ0n) is 37.4. The van der Waals surface area contributed by atoms with Gasteiger partial charge < -0.3 is 40.2 Å². The van der Waals surface area contributed by atoms with Crippen molar-refractivity contribution < 1.29 is 46.9 Å². The molecule has 19 heteroatoms. The van der Waals surface area contributed by atoms with E-state index in [1.54, 1.807) is 25.3 Å².